The van der Waals surface area contributed by atoms with Crippen LogP contribution in [0.25, 0.3) is 0 Å². The zero-order valence-corrected chi connectivity index (χ0v) is 7.96. The van der Waals surface area contributed by atoms with Gasteiger partial charge in [0.15, 0.2) is 0 Å². The molecule has 0 heterocycles. The topological polar surface area (TPSA) is 38.8 Å². The second kappa shape index (κ2) is 4.35. The van der Waals surface area contributed by atoms with Gasteiger partial charge in [-0.15, -0.1) is 0 Å². The summed E-state index contributed by atoms with van der Waals surface area (Å²) in [4.78, 5) is 12.9. The summed E-state index contributed by atoms with van der Waals surface area (Å²) >= 11 is 0. The molecule has 0 aromatic carbocycles. The summed E-state index contributed by atoms with van der Waals surface area (Å²) < 4.78 is 9.97. The first-order chi connectivity index (χ1) is 5.55. The van der Waals surface area contributed by atoms with Crippen molar-refractivity contribution < 1.29 is 14.3 Å². The highest BCUT2D eigenvalue weighted by Crippen LogP contribution is 2.15. The standard InChI is InChI=1S/C8H15NO3/c1-6-7(10)8(11-4,12-5)9(2)3/h6H,1H2,2-5H3. The molecule has 4 heteroatoms. The van der Waals surface area contributed by atoms with E-state index in [-0.39, 0.29) is 5.78 Å². The first-order valence-electron chi connectivity index (χ1n) is 3.49. The van der Waals surface area contributed by atoms with E-state index in [0.29, 0.717) is 0 Å². The number of carbonyl (C=O) groups excluding carboxylic acids is 1. The molecule has 0 spiro atoms. The predicted molar refractivity (Wildman–Crippen MR) is 45.6 cm³/mol. The van der Waals surface area contributed by atoms with Crippen LogP contribution in [0.2, 0.25) is 0 Å². The number of ether oxygens (including phenoxy) is 2. The SMILES string of the molecule is C=CC(=O)C(OC)(OC)N(C)C. The van der Waals surface area contributed by atoms with Gasteiger partial charge in [-0.05, 0) is 20.2 Å². The maximum atomic E-state index is 11.3. The van der Waals surface area contributed by atoms with Crippen LogP contribution in [0.15, 0.2) is 12.7 Å². The third kappa shape index (κ3) is 1.72. The van der Waals surface area contributed by atoms with Crippen LogP contribution in [-0.2, 0) is 14.3 Å². The fraction of sp³-hybridized carbons (Fsp3) is 0.625. The lowest BCUT2D eigenvalue weighted by Crippen LogP contribution is -2.53. The zero-order chi connectivity index (χ0) is 9.78. The van der Waals surface area contributed by atoms with Crippen molar-refractivity contribution in [1.82, 2.24) is 4.90 Å². The Labute approximate surface area is 72.8 Å². The number of carbonyl (C=O) groups is 1. The molecule has 0 aliphatic rings. The first-order valence-corrected chi connectivity index (χ1v) is 3.49. The highest BCUT2D eigenvalue weighted by molar-refractivity contribution is 5.95. The smallest absolute Gasteiger partial charge is 0.295 e. The molecule has 4 nitrogen and oxygen atoms in total. The fourth-order valence-electron chi connectivity index (χ4n) is 0.999. The van der Waals surface area contributed by atoms with Crippen LogP contribution in [0.5, 0.6) is 0 Å². The second-order valence-electron chi connectivity index (χ2n) is 2.45. The first kappa shape index (κ1) is 11.3. The van der Waals surface area contributed by atoms with Crippen molar-refractivity contribution in [3.8, 4) is 0 Å². The lowest BCUT2D eigenvalue weighted by molar-refractivity contribution is -0.260. The van der Waals surface area contributed by atoms with Crippen LogP contribution in [-0.4, -0.2) is 44.9 Å². The fourth-order valence-corrected chi connectivity index (χ4v) is 0.999. The van der Waals surface area contributed by atoms with Gasteiger partial charge in [0.25, 0.3) is 5.91 Å². The molecule has 0 fully saturated rings. The Morgan fingerprint density at radius 3 is 1.92 bits per heavy atom. The van der Waals surface area contributed by atoms with Gasteiger partial charge in [0.05, 0.1) is 0 Å². The Kier molecular flexibility index (Phi) is 4.09. The number of nitrogens with zero attached hydrogens (tertiary/aromatic N) is 1. The molecule has 0 aliphatic heterocycles. The summed E-state index contributed by atoms with van der Waals surface area (Å²) in [5, 5.41) is 0. The van der Waals surface area contributed by atoms with Gasteiger partial charge in [-0.25, -0.2) is 0 Å². The Balaban J connectivity index is 4.81. The van der Waals surface area contributed by atoms with Crippen LogP contribution in [0.4, 0.5) is 0 Å². The van der Waals surface area contributed by atoms with Crippen LogP contribution in [0.3, 0.4) is 0 Å². The van der Waals surface area contributed by atoms with Gasteiger partial charge in [0.1, 0.15) is 0 Å². The summed E-state index contributed by atoms with van der Waals surface area (Å²) in [7, 11) is 6.19. The molecule has 70 valence electrons. The summed E-state index contributed by atoms with van der Waals surface area (Å²) in [6.07, 6.45) is 1.17. The van der Waals surface area contributed by atoms with E-state index >= 15 is 0 Å². The molecule has 0 aliphatic carbocycles. The highest BCUT2D eigenvalue weighted by atomic mass is 16.7. The van der Waals surface area contributed by atoms with Crippen molar-refractivity contribution in [1.29, 1.82) is 0 Å². The Bertz CT molecular complexity index is 173. The van der Waals surface area contributed by atoms with E-state index in [1.165, 1.54) is 25.2 Å². The van der Waals surface area contributed by atoms with E-state index in [1.54, 1.807) is 14.1 Å². The minimum absolute atomic E-state index is 0.322. The van der Waals surface area contributed by atoms with Crippen LogP contribution < -0.4 is 0 Å². The summed E-state index contributed by atoms with van der Waals surface area (Å²) in [6, 6.07) is 0. The Morgan fingerprint density at radius 2 is 1.83 bits per heavy atom. The van der Waals surface area contributed by atoms with E-state index < -0.39 is 5.91 Å². The molecule has 0 bridgehead atoms. The van der Waals surface area contributed by atoms with Crippen molar-refractivity contribution >= 4 is 5.78 Å². The molecule has 0 saturated heterocycles. The lowest BCUT2D eigenvalue weighted by Gasteiger charge is -2.33. The van der Waals surface area contributed by atoms with E-state index in [4.69, 9.17) is 9.47 Å². The number of rotatable bonds is 5. The minimum Gasteiger partial charge on any atom is -0.334 e. The van der Waals surface area contributed by atoms with Crippen molar-refractivity contribution in [3.63, 3.8) is 0 Å². The maximum Gasteiger partial charge on any atom is 0.295 e. The molecule has 12 heavy (non-hydrogen) atoms. The van der Waals surface area contributed by atoms with E-state index in [9.17, 15) is 4.79 Å². The molecular weight excluding hydrogens is 158 g/mol. The van der Waals surface area contributed by atoms with Gasteiger partial charge in [-0.3, -0.25) is 9.69 Å². The molecular formula is C8H15NO3. The van der Waals surface area contributed by atoms with Gasteiger partial charge in [0.2, 0.25) is 5.78 Å². The van der Waals surface area contributed by atoms with E-state index in [1.807, 2.05) is 0 Å². The predicted octanol–water partition coefficient (Wildman–Crippen LogP) is 0.250. The summed E-state index contributed by atoms with van der Waals surface area (Å²) in [5.41, 5.74) is 0. The molecule has 0 aromatic rings. The minimum atomic E-state index is -1.33. The average molecular weight is 173 g/mol. The Morgan fingerprint density at radius 1 is 1.42 bits per heavy atom. The average Bonchev–Trinajstić information content (AvgIpc) is 2.06. The number of hydrogen-bond donors (Lipinski definition) is 0. The van der Waals surface area contributed by atoms with Crippen LogP contribution in [0, 0.1) is 0 Å². The van der Waals surface area contributed by atoms with Crippen LogP contribution >= 0.6 is 0 Å². The molecule has 0 rings (SSSR count). The zero-order valence-electron chi connectivity index (χ0n) is 7.96. The monoisotopic (exact) mass is 173 g/mol. The normalized spacial score (nSPS) is 11.8. The largest absolute Gasteiger partial charge is 0.334 e. The third-order valence-corrected chi connectivity index (χ3v) is 1.64. The molecule has 0 radical (unpaired) electrons. The maximum absolute atomic E-state index is 11.3. The molecule has 0 N–H and O–H groups in total. The van der Waals surface area contributed by atoms with Gasteiger partial charge in [0, 0.05) is 14.2 Å². The number of methoxy groups -OCH3 is 2. The molecule has 0 atom stereocenters. The van der Waals surface area contributed by atoms with Gasteiger partial charge in [-0.2, -0.15) is 0 Å². The van der Waals surface area contributed by atoms with Crippen molar-refractivity contribution in [2.75, 3.05) is 28.3 Å². The highest BCUT2D eigenvalue weighted by Gasteiger charge is 2.39. The van der Waals surface area contributed by atoms with Crippen molar-refractivity contribution in [2.24, 2.45) is 0 Å². The third-order valence-electron chi connectivity index (χ3n) is 1.64. The lowest BCUT2D eigenvalue weighted by atomic mass is 10.2. The Hall–Kier alpha value is -0.710. The molecule has 0 aromatic heterocycles. The molecule has 0 saturated carbocycles. The van der Waals surface area contributed by atoms with Gasteiger partial charge < -0.3 is 9.47 Å². The second-order valence-corrected chi connectivity index (χ2v) is 2.45. The van der Waals surface area contributed by atoms with Gasteiger partial charge in [-0.1, -0.05) is 6.58 Å². The number of likely N-dealkylation sites (N-methyl/N-ethyl adjacent to an activating group) is 1. The van der Waals surface area contributed by atoms with Crippen molar-refractivity contribution in [3.05, 3.63) is 12.7 Å². The summed E-state index contributed by atoms with van der Waals surface area (Å²) in [5.74, 6) is -1.65. The summed E-state index contributed by atoms with van der Waals surface area (Å²) in [6.45, 7) is 3.37. The van der Waals surface area contributed by atoms with Gasteiger partial charge >= 0.3 is 0 Å². The van der Waals surface area contributed by atoms with E-state index in [2.05, 4.69) is 6.58 Å². The van der Waals surface area contributed by atoms with Crippen molar-refractivity contribution in [2.45, 2.75) is 5.91 Å². The molecule has 0 amide bonds. The van der Waals surface area contributed by atoms with E-state index in [0.717, 1.165) is 0 Å². The van der Waals surface area contributed by atoms with Crippen LogP contribution in [0.1, 0.15) is 0 Å². The quantitative estimate of drug-likeness (QED) is 0.441. The number of ketones is 1. The number of hydrogen-bond acceptors (Lipinski definition) is 4. The molecule has 0 unspecified atom stereocenters.